The van der Waals surface area contributed by atoms with Crippen LogP contribution in [0.4, 0.5) is 5.69 Å². The molecular weight excluding hydrogens is 1090 g/mol. The lowest BCUT2D eigenvalue weighted by Gasteiger charge is -2.31. The highest BCUT2D eigenvalue weighted by Gasteiger charge is 2.62. The molecule has 12 aromatic rings. The first-order valence-electron chi connectivity index (χ1n) is 33.2. The lowest BCUT2D eigenvalue weighted by molar-refractivity contribution is 0.586. The van der Waals surface area contributed by atoms with Gasteiger partial charge in [0.05, 0.1) is 11.6 Å². The van der Waals surface area contributed by atoms with Gasteiger partial charge in [-0.2, -0.15) is 0 Å². The maximum Gasteiger partial charge on any atom is 0.151 e. The number of fused-ring (bicyclic) bond motifs is 14. The third-order valence-corrected chi connectivity index (χ3v) is 21.2. The van der Waals surface area contributed by atoms with E-state index in [9.17, 15) is 0 Å². The van der Waals surface area contributed by atoms with Crippen molar-refractivity contribution in [3.05, 3.63) is 315 Å². The number of furan rings is 2. The second-order valence-electron chi connectivity index (χ2n) is 25.9. The van der Waals surface area contributed by atoms with Crippen molar-refractivity contribution < 1.29 is 8.83 Å². The minimum absolute atomic E-state index is 0.0711. The van der Waals surface area contributed by atoms with Crippen LogP contribution in [0.5, 0.6) is 0 Å². The van der Waals surface area contributed by atoms with E-state index < -0.39 is 0 Å². The number of aryl methyl sites for hydroxylation is 4. The molecule has 434 valence electrons. The van der Waals surface area contributed by atoms with Crippen molar-refractivity contribution in [1.29, 1.82) is 0 Å². The summed E-state index contributed by atoms with van der Waals surface area (Å²) >= 11 is 0. The van der Waals surface area contributed by atoms with Crippen molar-refractivity contribution in [1.82, 2.24) is 0 Å². The number of rotatable bonds is 8. The lowest BCUT2D eigenvalue weighted by atomic mass is 9.79. The summed E-state index contributed by atoms with van der Waals surface area (Å²) in [6.45, 7) is 4.00. The smallest absolute Gasteiger partial charge is 0.151 e. The Hall–Kier alpha value is -9.92. The second-order valence-corrected chi connectivity index (χ2v) is 25.9. The molecule has 1 aliphatic heterocycles. The summed E-state index contributed by atoms with van der Waals surface area (Å²) in [5.41, 5.74) is 30.9. The summed E-state index contributed by atoms with van der Waals surface area (Å²) < 4.78 is 14.6. The third kappa shape index (κ3) is 8.25. The minimum atomic E-state index is -0.218. The minimum Gasteiger partial charge on any atom is -0.455 e. The number of benzene rings is 10. The van der Waals surface area contributed by atoms with Crippen molar-refractivity contribution in [3.63, 3.8) is 0 Å². The maximum absolute atomic E-state index is 7.34. The van der Waals surface area contributed by atoms with Crippen LogP contribution in [-0.2, 0) is 37.5 Å². The summed E-state index contributed by atoms with van der Waals surface area (Å²) in [5.74, 6) is 1.31. The number of hydrogen-bond acceptors (Lipinski definition) is 3. The molecule has 4 atom stereocenters. The van der Waals surface area contributed by atoms with Crippen molar-refractivity contribution in [3.8, 4) is 22.3 Å². The van der Waals surface area contributed by atoms with Crippen LogP contribution in [0, 0.1) is 11.8 Å². The fraction of sp³-hybridized carbons (Fsp3) is 0.184. The maximum atomic E-state index is 7.34. The molecule has 6 aliphatic carbocycles. The van der Waals surface area contributed by atoms with Gasteiger partial charge in [-0.25, -0.2) is 0 Å². The first-order valence-corrected chi connectivity index (χ1v) is 33.2. The van der Waals surface area contributed by atoms with Gasteiger partial charge in [0.1, 0.15) is 16.7 Å². The van der Waals surface area contributed by atoms with Crippen molar-refractivity contribution in [2.45, 2.75) is 89.5 Å². The van der Waals surface area contributed by atoms with Crippen LogP contribution in [0.25, 0.3) is 93.9 Å². The molecule has 0 amide bonds. The molecule has 1 fully saturated rings. The molecule has 90 heavy (non-hydrogen) atoms. The van der Waals surface area contributed by atoms with Gasteiger partial charge in [0.2, 0.25) is 0 Å². The highest BCUT2D eigenvalue weighted by molar-refractivity contribution is 6.16. The van der Waals surface area contributed by atoms with Crippen LogP contribution < -0.4 is 4.90 Å². The summed E-state index contributed by atoms with van der Waals surface area (Å²) in [5, 5.41) is 8.68. The van der Waals surface area contributed by atoms with Crippen LogP contribution in [0.3, 0.4) is 0 Å². The molecule has 19 rings (SSSR count). The number of para-hydroxylation sites is 3. The Kier molecular flexibility index (Phi) is 12.5. The lowest BCUT2D eigenvalue weighted by Crippen LogP contribution is -2.32. The third-order valence-electron chi connectivity index (χ3n) is 21.2. The van der Waals surface area contributed by atoms with Crippen molar-refractivity contribution >= 4 is 77.4 Å². The Balaban J connectivity index is 0.00000299. The van der Waals surface area contributed by atoms with Gasteiger partial charge in [0, 0.05) is 61.1 Å². The molecule has 4 unspecified atom stereocenters. The second kappa shape index (κ2) is 21.1. The Morgan fingerprint density at radius 1 is 0.522 bits per heavy atom. The van der Waals surface area contributed by atoms with E-state index in [0.717, 1.165) is 87.6 Å². The largest absolute Gasteiger partial charge is 0.455 e. The number of nitrogens with zero attached hydrogens (tertiary/aromatic N) is 1. The molecule has 0 N–H and O–H groups in total. The fourth-order valence-corrected chi connectivity index (χ4v) is 17.0. The van der Waals surface area contributed by atoms with E-state index in [2.05, 4.69) is 253 Å². The molecule has 3 nitrogen and oxygen atoms in total. The zero-order valence-electron chi connectivity index (χ0n) is 51.2. The zero-order valence-corrected chi connectivity index (χ0v) is 51.2. The normalized spacial score (nSPS) is 20.1. The number of anilines is 1. The number of allylic oxidation sites excluding steroid dienone is 6. The predicted molar refractivity (Wildman–Crippen MR) is 375 cm³/mol. The summed E-state index contributed by atoms with van der Waals surface area (Å²) in [4.78, 5) is 2.65. The van der Waals surface area contributed by atoms with E-state index in [1.807, 2.05) is 13.8 Å². The van der Waals surface area contributed by atoms with Crippen molar-refractivity contribution in [2.75, 3.05) is 4.90 Å². The molecule has 0 bridgehead atoms. The molecule has 0 radical (unpaired) electrons. The highest BCUT2D eigenvalue weighted by Crippen LogP contribution is 2.67. The summed E-state index contributed by atoms with van der Waals surface area (Å²) in [6.07, 6.45) is 30.5. The Morgan fingerprint density at radius 2 is 1.13 bits per heavy atom. The molecule has 3 heteroatoms. The molecule has 1 saturated carbocycles. The van der Waals surface area contributed by atoms with Crippen LogP contribution >= 0.6 is 0 Å². The fourth-order valence-electron chi connectivity index (χ4n) is 17.0. The van der Waals surface area contributed by atoms with Crippen LogP contribution in [0.1, 0.15) is 107 Å². The topological polar surface area (TPSA) is 29.5 Å². The van der Waals surface area contributed by atoms with Gasteiger partial charge in [-0.05, 0) is 189 Å². The van der Waals surface area contributed by atoms with E-state index >= 15 is 0 Å². The van der Waals surface area contributed by atoms with Crippen LogP contribution in [0.15, 0.2) is 262 Å². The quantitative estimate of drug-likeness (QED) is 0.112. The van der Waals surface area contributed by atoms with Gasteiger partial charge >= 0.3 is 0 Å². The van der Waals surface area contributed by atoms with Gasteiger partial charge in [-0.3, -0.25) is 0 Å². The average molecular weight is 1160 g/mol. The van der Waals surface area contributed by atoms with Crippen molar-refractivity contribution in [2.24, 2.45) is 11.8 Å². The molecule has 3 heterocycles. The van der Waals surface area contributed by atoms with Gasteiger partial charge in [0.15, 0.2) is 5.76 Å². The first-order chi connectivity index (χ1) is 44.6. The molecule has 0 saturated heterocycles. The zero-order chi connectivity index (χ0) is 59.6. The van der Waals surface area contributed by atoms with Crippen LogP contribution in [0.2, 0.25) is 0 Å². The van der Waals surface area contributed by atoms with Gasteiger partial charge in [-0.15, -0.1) is 5.73 Å². The Labute approximate surface area is 526 Å². The van der Waals surface area contributed by atoms with Gasteiger partial charge in [-0.1, -0.05) is 226 Å². The van der Waals surface area contributed by atoms with E-state index in [1.165, 1.54) is 143 Å². The highest BCUT2D eigenvalue weighted by atomic mass is 16.3. The van der Waals surface area contributed by atoms with Gasteiger partial charge in [0.25, 0.3) is 0 Å². The summed E-state index contributed by atoms with van der Waals surface area (Å²) in [6, 6.07) is 73.1. The first kappa shape index (κ1) is 53.1. The molecule has 2 aromatic heterocycles. The Morgan fingerprint density at radius 3 is 1.87 bits per heavy atom. The summed E-state index contributed by atoms with van der Waals surface area (Å²) in [7, 11) is 0. The van der Waals surface area contributed by atoms with Gasteiger partial charge < -0.3 is 13.7 Å². The molecule has 7 aliphatic rings. The van der Waals surface area contributed by atoms with E-state index in [0.29, 0.717) is 0 Å². The predicted octanol–water partition coefficient (Wildman–Crippen LogP) is 22.2. The van der Waals surface area contributed by atoms with E-state index in [-0.39, 0.29) is 23.3 Å². The Bertz CT molecular complexity index is 5160. The number of hydrogen-bond donors (Lipinski definition) is 0. The van der Waals surface area contributed by atoms with E-state index in [1.54, 1.807) is 0 Å². The molecule has 0 spiro atoms. The van der Waals surface area contributed by atoms with E-state index in [4.69, 9.17) is 8.83 Å². The monoisotopic (exact) mass is 1160 g/mol. The molecular formula is C87H69NO2. The standard InChI is InChI=1S/C85H63NO2.C2H6/c1-2-17-52(18-3-1)47-73-65-24-9-11-26-67(65)79(68-27-12-10-25-66(68)73)55-39-42-61(43-40-55)86-77-44-41-60(64-30-15-32-71-70-31-14-29-63(81(70)87-82(64)71)59-38-36-54-20-5-7-22-57(54)49-59)50-74(77)80-76-51-85(76,46-45-78(80)86)75-34-16-33-72-69-28-13-8-23-62(83(69)88-84(72)75)58-37-35-53-19-4-6-21-56(53)48-58;1-2/h1-3,8-18,24-46,48-50,74,76-77H,4-7,19-22,47,51H2;1-2H3. The van der Waals surface area contributed by atoms with Crippen LogP contribution in [-0.4, -0.2) is 6.04 Å². The molecule has 10 aromatic carbocycles. The SMILES string of the molecule is C1=CC=Cc2c(oc3c(C45C=CC6=C(C7C=C(c8cccc9c8oc8c(-c%10ccc%11c(c%10)CCCC%11)cccc89)C=CC7N6c6ccc(-c7c8ccccc8c(Cc8ccccc8)c8ccccc78)cc6)C4C5)cccc23)C=1c1ccc2c(c1)CCCC2.CC. The average Bonchev–Trinajstić information content (AvgIpc) is 1.52.